The van der Waals surface area contributed by atoms with E-state index in [2.05, 4.69) is 65.0 Å². The maximum Gasteiger partial charge on any atom is 0.105 e. The number of hydrogen-bond acceptors (Lipinski definition) is 0. The predicted octanol–water partition coefficient (Wildman–Crippen LogP) is 10.2. The van der Waals surface area contributed by atoms with E-state index in [4.69, 9.17) is 0 Å². The Morgan fingerprint density at radius 3 is 1.20 bits per heavy atom. The zero-order chi connectivity index (χ0) is 29.2. The monoisotopic (exact) mass is 592 g/mol. The van der Waals surface area contributed by atoms with Gasteiger partial charge in [-0.05, 0) is 46.0 Å². The minimum Gasteiger partial charge on any atom is -1.00 e. The molecule has 0 atom stereocenters. The molecule has 0 amide bonds. The smallest absolute Gasteiger partial charge is 0.105 e. The number of quaternary nitrogens is 1. The van der Waals surface area contributed by atoms with Gasteiger partial charge in [0.2, 0.25) is 0 Å². The highest BCUT2D eigenvalue weighted by molar-refractivity contribution is 5.13. The number of benzene rings is 1. The summed E-state index contributed by atoms with van der Waals surface area (Å²) in [6.07, 6.45) is 34.0. The standard InChI is InChI=1S/C39H74N.ClH/c1-6-9-12-15-18-21-24-30-35-40(37-38-32-27-26-28-33-38,36-31-25-22-19-16-13-10-7-2)39(4,5)34-29-23-20-17-14-11-8-3;/h26-28,32-33H,6-25,29-31,34-37H2,1-5H3;1H/q+1;/p-1. The van der Waals surface area contributed by atoms with Crippen molar-refractivity contribution in [1.82, 2.24) is 0 Å². The van der Waals surface area contributed by atoms with Gasteiger partial charge in [0.25, 0.3) is 0 Å². The first-order valence-corrected chi connectivity index (χ1v) is 18.4. The van der Waals surface area contributed by atoms with Gasteiger partial charge in [-0.1, -0.05) is 167 Å². The third-order valence-corrected chi connectivity index (χ3v) is 9.88. The Hall–Kier alpha value is -0.530. The second-order valence-corrected chi connectivity index (χ2v) is 13.9. The molecule has 0 radical (unpaired) electrons. The average molecular weight is 592 g/mol. The molecule has 0 unspecified atom stereocenters. The Morgan fingerprint density at radius 1 is 0.463 bits per heavy atom. The fourth-order valence-electron chi connectivity index (χ4n) is 6.87. The van der Waals surface area contributed by atoms with Crippen molar-refractivity contribution in [2.45, 2.75) is 201 Å². The van der Waals surface area contributed by atoms with Crippen LogP contribution in [0.4, 0.5) is 0 Å². The van der Waals surface area contributed by atoms with Crippen LogP contribution in [-0.4, -0.2) is 23.1 Å². The average Bonchev–Trinajstić information content (AvgIpc) is 2.95. The van der Waals surface area contributed by atoms with E-state index in [1.807, 2.05) is 0 Å². The molecule has 1 nitrogen and oxygen atoms in total. The number of halogens is 1. The molecule has 1 rings (SSSR count). The Balaban J connectivity index is 0.0000160. The van der Waals surface area contributed by atoms with Gasteiger partial charge in [0.15, 0.2) is 0 Å². The largest absolute Gasteiger partial charge is 1.00 e. The van der Waals surface area contributed by atoms with Crippen molar-refractivity contribution < 1.29 is 16.9 Å². The van der Waals surface area contributed by atoms with Gasteiger partial charge in [-0.15, -0.1) is 0 Å². The van der Waals surface area contributed by atoms with Gasteiger partial charge in [0.1, 0.15) is 6.54 Å². The lowest BCUT2D eigenvalue weighted by Gasteiger charge is -2.51. The number of nitrogens with zero attached hydrogens (tertiary/aromatic N) is 1. The van der Waals surface area contributed by atoms with Crippen molar-refractivity contribution in [3.63, 3.8) is 0 Å². The third kappa shape index (κ3) is 19.4. The van der Waals surface area contributed by atoms with Crippen LogP contribution in [0.3, 0.4) is 0 Å². The topological polar surface area (TPSA) is 0 Å². The molecule has 1 aromatic carbocycles. The molecule has 41 heavy (non-hydrogen) atoms. The fraction of sp³-hybridized carbons (Fsp3) is 0.846. The highest BCUT2D eigenvalue weighted by Gasteiger charge is 2.42. The Kier molecular flexibility index (Phi) is 26.7. The molecular weight excluding hydrogens is 518 g/mol. The third-order valence-electron chi connectivity index (χ3n) is 9.88. The van der Waals surface area contributed by atoms with E-state index in [0.717, 1.165) is 0 Å². The summed E-state index contributed by atoms with van der Waals surface area (Å²) in [5.74, 6) is 0. The number of hydrogen-bond donors (Lipinski definition) is 0. The quantitative estimate of drug-likeness (QED) is 0.0642. The zero-order valence-electron chi connectivity index (χ0n) is 28.8. The SMILES string of the molecule is CCCCCCCCCC[N+](CCCCCCCCCC)(Cc1ccccc1)C(C)(C)CCCCCCCCC.[Cl-]. The van der Waals surface area contributed by atoms with Crippen LogP contribution in [0.25, 0.3) is 0 Å². The van der Waals surface area contributed by atoms with E-state index in [9.17, 15) is 0 Å². The molecule has 1 aromatic rings. The molecule has 242 valence electrons. The second kappa shape index (κ2) is 27.0. The summed E-state index contributed by atoms with van der Waals surface area (Å²) in [4.78, 5) is 0. The lowest BCUT2D eigenvalue weighted by Crippen LogP contribution is -3.00. The van der Waals surface area contributed by atoms with Crippen molar-refractivity contribution in [3.05, 3.63) is 35.9 Å². The van der Waals surface area contributed by atoms with Gasteiger partial charge < -0.3 is 16.9 Å². The number of unbranched alkanes of at least 4 members (excludes halogenated alkanes) is 20. The molecule has 0 heterocycles. The van der Waals surface area contributed by atoms with Crippen LogP contribution in [0.15, 0.2) is 30.3 Å². The van der Waals surface area contributed by atoms with Crippen LogP contribution in [0.5, 0.6) is 0 Å². The van der Waals surface area contributed by atoms with E-state index in [0.29, 0.717) is 5.54 Å². The predicted molar refractivity (Wildman–Crippen MR) is 182 cm³/mol. The molecule has 0 aliphatic rings. The highest BCUT2D eigenvalue weighted by Crippen LogP contribution is 2.35. The first-order valence-electron chi connectivity index (χ1n) is 18.4. The fourth-order valence-corrected chi connectivity index (χ4v) is 6.87. The lowest BCUT2D eigenvalue weighted by molar-refractivity contribution is -0.985. The van der Waals surface area contributed by atoms with Crippen LogP contribution < -0.4 is 12.4 Å². The maximum absolute atomic E-state index is 2.64. The van der Waals surface area contributed by atoms with Crippen LogP contribution in [0.2, 0.25) is 0 Å². The molecule has 0 saturated carbocycles. The molecule has 2 heteroatoms. The highest BCUT2D eigenvalue weighted by atomic mass is 35.5. The molecule has 0 aromatic heterocycles. The first-order chi connectivity index (χ1) is 19.5. The van der Waals surface area contributed by atoms with Crippen molar-refractivity contribution in [2.24, 2.45) is 0 Å². The van der Waals surface area contributed by atoms with E-state index in [1.54, 1.807) is 5.56 Å². The van der Waals surface area contributed by atoms with Crippen molar-refractivity contribution in [3.8, 4) is 0 Å². The molecule has 0 aliphatic carbocycles. The Morgan fingerprint density at radius 2 is 0.805 bits per heavy atom. The first kappa shape index (κ1) is 40.5. The minimum absolute atomic E-state index is 0. The normalized spacial score (nSPS) is 12.0. The summed E-state index contributed by atoms with van der Waals surface area (Å²) >= 11 is 0. The molecule has 0 spiro atoms. The molecule has 0 fully saturated rings. The van der Waals surface area contributed by atoms with Gasteiger partial charge >= 0.3 is 0 Å². The second-order valence-electron chi connectivity index (χ2n) is 13.9. The molecule has 0 bridgehead atoms. The minimum atomic E-state index is 0. The van der Waals surface area contributed by atoms with Gasteiger partial charge in [-0.25, -0.2) is 0 Å². The summed E-state index contributed by atoms with van der Waals surface area (Å²) in [5, 5.41) is 0. The van der Waals surface area contributed by atoms with Gasteiger partial charge in [-0.2, -0.15) is 0 Å². The molecule has 0 N–H and O–H groups in total. The Labute approximate surface area is 266 Å². The lowest BCUT2D eigenvalue weighted by atomic mass is 9.88. The van der Waals surface area contributed by atoms with Crippen molar-refractivity contribution in [2.75, 3.05) is 13.1 Å². The summed E-state index contributed by atoms with van der Waals surface area (Å²) in [5.41, 5.74) is 1.89. The zero-order valence-corrected chi connectivity index (χ0v) is 29.6. The van der Waals surface area contributed by atoms with Crippen LogP contribution in [-0.2, 0) is 6.54 Å². The summed E-state index contributed by atoms with van der Waals surface area (Å²) in [7, 11) is 0. The van der Waals surface area contributed by atoms with Crippen LogP contribution in [0, 0.1) is 0 Å². The van der Waals surface area contributed by atoms with Gasteiger partial charge in [0.05, 0.1) is 18.6 Å². The summed E-state index contributed by atoms with van der Waals surface area (Å²) < 4.78 is 1.30. The van der Waals surface area contributed by atoms with Crippen molar-refractivity contribution in [1.29, 1.82) is 0 Å². The summed E-state index contributed by atoms with van der Waals surface area (Å²) in [6.45, 7) is 16.2. The maximum atomic E-state index is 2.64. The summed E-state index contributed by atoms with van der Waals surface area (Å²) in [6, 6.07) is 11.5. The van der Waals surface area contributed by atoms with E-state index >= 15 is 0 Å². The van der Waals surface area contributed by atoms with Crippen LogP contribution >= 0.6 is 0 Å². The molecule has 0 saturated heterocycles. The molecular formula is C39H74ClN. The van der Waals surface area contributed by atoms with E-state index in [1.165, 1.54) is 178 Å². The van der Waals surface area contributed by atoms with Gasteiger partial charge in [-0.3, -0.25) is 0 Å². The molecule has 0 aliphatic heterocycles. The Bertz CT molecular complexity index is 635. The van der Waals surface area contributed by atoms with E-state index in [-0.39, 0.29) is 12.4 Å². The van der Waals surface area contributed by atoms with E-state index < -0.39 is 0 Å². The van der Waals surface area contributed by atoms with Crippen molar-refractivity contribution >= 4 is 0 Å². The van der Waals surface area contributed by atoms with Crippen LogP contribution in [0.1, 0.15) is 194 Å². The van der Waals surface area contributed by atoms with Gasteiger partial charge in [0, 0.05) is 12.0 Å². The number of rotatable bonds is 29.